The van der Waals surface area contributed by atoms with E-state index in [0.29, 0.717) is 0 Å². The lowest BCUT2D eigenvalue weighted by molar-refractivity contribution is 0.0116. The van der Waals surface area contributed by atoms with Gasteiger partial charge in [0, 0.05) is 7.11 Å². The third-order valence-corrected chi connectivity index (χ3v) is 3.86. The van der Waals surface area contributed by atoms with E-state index in [2.05, 4.69) is 31.1 Å². The van der Waals surface area contributed by atoms with Crippen LogP contribution in [0.1, 0.15) is 45.3 Å². The van der Waals surface area contributed by atoms with Crippen molar-refractivity contribution in [3.05, 3.63) is 36.2 Å². The predicted octanol–water partition coefficient (Wildman–Crippen LogP) is 3.49. The molecule has 0 aliphatic carbocycles. The van der Waals surface area contributed by atoms with Crippen LogP contribution in [-0.2, 0) is 4.74 Å². The monoisotopic (exact) mass is 287 g/mol. The highest BCUT2D eigenvalue weighted by Gasteiger charge is 2.21. The number of nitrogens with zero attached hydrogens (tertiary/aromatic N) is 2. The number of hydrogen-bond donors (Lipinski definition) is 1. The van der Waals surface area contributed by atoms with E-state index in [-0.39, 0.29) is 11.6 Å². The molecule has 0 saturated carbocycles. The summed E-state index contributed by atoms with van der Waals surface area (Å²) in [6, 6.07) is 8.19. The summed E-state index contributed by atoms with van der Waals surface area (Å²) in [5.74, 6) is 0. The van der Waals surface area contributed by atoms with Crippen molar-refractivity contribution in [2.75, 3.05) is 13.7 Å². The minimum Gasteiger partial charge on any atom is -0.379 e. The highest BCUT2D eigenvalue weighted by Crippen LogP contribution is 2.24. The summed E-state index contributed by atoms with van der Waals surface area (Å²) in [6.45, 7) is 7.25. The number of benzene rings is 1. The van der Waals surface area contributed by atoms with Crippen LogP contribution >= 0.6 is 0 Å². The first-order chi connectivity index (χ1) is 10.1. The second-order valence-electron chi connectivity index (χ2n) is 5.90. The van der Waals surface area contributed by atoms with Crippen LogP contribution in [0.15, 0.2) is 30.5 Å². The molecule has 0 spiro atoms. The number of fused-ring (bicyclic) bond motifs is 1. The van der Waals surface area contributed by atoms with Gasteiger partial charge in [-0.25, -0.2) is 4.98 Å². The third kappa shape index (κ3) is 4.22. The second kappa shape index (κ2) is 6.96. The number of ether oxygens (including phenoxy) is 1. The van der Waals surface area contributed by atoms with Crippen molar-refractivity contribution >= 4 is 11.0 Å². The molecule has 2 aromatic rings. The first kappa shape index (κ1) is 15.9. The Bertz CT molecular complexity index is 583. The second-order valence-corrected chi connectivity index (χ2v) is 5.90. The highest BCUT2D eigenvalue weighted by molar-refractivity contribution is 5.73. The summed E-state index contributed by atoms with van der Waals surface area (Å²) in [6.07, 6.45) is 3.83. The molecule has 4 heteroatoms. The zero-order valence-electron chi connectivity index (χ0n) is 13.4. The molecule has 1 atom stereocenters. The zero-order chi connectivity index (χ0) is 15.3. The van der Waals surface area contributed by atoms with Gasteiger partial charge in [0.15, 0.2) is 0 Å². The first-order valence-electron chi connectivity index (χ1n) is 7.56. The maximum Gasteiger partial charge on any atom is 0.0890 e. The zero-order valence-corrected chi connectivity index (χ0v) is 13.4. The summed E-state index contributed by atoms with van der Waals surface area (Å²) in [5, 5.41) is 3.50. The Balaban J connectivity index is 2.19. The summed E-state index contributed by atoms with van der Waals surface area (Å²) in [7, 11) is 1.76. The molecule has 0 saturated heterocycles. The van der Waals surface area contributed by atoms with Gasteiger partial charge >= 0.3 is 0 Å². The molecule has 114 valence electrons. The molecule has 0 aliphatic heterocycles. The molecule has 2 rings (SSSR count). The minimum absolute atomic E-state index is 0.113. The molecule has 1 aromatic carbocycles. The van der Waals surface area contributed by atoms with Gasteiger partial charge in [-0.05, 0) is 45.4 Å². The van der Waals surface area contributed by atoms with E-state index >= 15 is 0 Å². The van der Waals surface area contributed by atoms with Crippen LogP contribution in [0.25, 0.3) is 11.0 Å². The van der Waals surface area contributed by atoms with Gasteiger partial charge in [0.05, 0.1) is 34.6 Å². The van der Waals surface area contributed by atoms with Crippen LogP contribution in [0.3, 0.4) is 0 Å². The molecule has 1 unspecified atom stereocenters. The third-order valence-electron chi connectivity index (χ3n) is 3.86. The van der Waals surface area contributed by atoms with Gasteiger partial charge in [0.25, 0.3) is 0 Å². The summed E-state index contributed by atoms with van der Waals surface area (Å²) < 4.78 is 5.51. The normalized spacial score (nSPS) is 13.5. The summed E-state index contributed by atoms with van der Waals surface area (Å²) in [5.41, 5.74) is 2.78. The maximum atomic E-state index is 5.51. The standard InChI is InChI=1S/C17H25N3O/c1-5-18-14(10-11-17(2,3)21-4)16-12-19-13-8-6-7-9-15(13)20-16/h6-9,12,14,18H,5,10-11H2,1-4H3. The van der Waals surface area contributed by atoms with E-state index in [1.807, 2.05) is 30.5 Å². The van der Waals surface area contributed by atoms with Gasteiger partial charge in [-0.15, -0.1) is 0 Å². The SMILES string of the molecule is CCNC(CCC(C)(C)OC)c1cnc2ccccc2n1. The van der Waals surface area contributed by atoms with Crippen molar-refractivity contribution in [3.63, 3.8) is 0 Å². The Hall–Kier alpha value is -1.52. The smallest absolute Gasteiger partial charge is 0.0890 e. The van der Waals surface area contributed by atoms with Crippen molar-refractivity contribution < 1.29 is 4.74 Å². The Kier molecular flexibility index (Phi) is 5.26. The topological polar surface area (TPSA) is 47.0 Å². The average Bonchev–Trinajstić information content (AvgIpc) is 2.51. The van der Waals surface area contributed by atoms with Crippen LogP contribution in [0.5, 0.6) is 0 Å². The molecule has 4 nitrogen and oxygen atoms in total. The van der Waals surface area contributed by atoms with E-state index in [0.717, 1.165) is 36.1 Å². The lowest BCUT2D eigenvalue weighted by atomic mass is 9.97. The molecule has 1 aromatic heterocycles. The van der Waals surface area contributed by atoms with Crippen LogP contribution in [0, 0.1) is 0 Å². The Morgan fingerprint density at radius 2 is 1.95 bits per heavy atom. The number of rotatable bonds is 7. The van der Waals surface area contributed by atoms with Gasteiger partial charge in [-0.3, -0.25) is 4.98 Å². The summed E-state index contributed by atoms with van der Waals surface area (Å²) in [4.78, 5) is 9.27. The van der Waals surface area contributed by atoms with Gasteiger partial charge in [0.1, 0.15) is 0 Å². The van der Waals surface area contributed by atoms with Gasteiger partial charge in [0.2, 0.25) is 0 Å². The number of nitrogens with one attached hydrogen (secondary N) is 1. The molecule has 21 heavy (non-hydrogen) atoms. The predicted molar refractivity (Wildman–Crippen MR) is 86.3 cm³/mol. The van der Waals surface area contributed by atoms with E-state index in [9.17, 15) is 0 Å². The number of aromatic nitrogens is 2. The minimum atomic E-state index is -0.113. The molecule has 0 amide bonds. The summed E-state index contributed by atoms with van der Waals surface area (Å²) >= 11 is 0. The first-order valence-corrected chi connectivity index (χ1v) is 7.56. The van der Waals surface area contributed by atoms with E-state index in [4.69, 9.17) is 9.72 Å². The Morgan fingerprint density at radius 3 is 2.62 bits per heavy atom. The average molecular weight is 287 g/mol. The van der Waals surface area contributed by atoms with Crippen molar-refractivity contribution in [1.82, 2.24) is 15.3 Å². The van der Waals surface area contributed by atoms with Crippen molar-refractivity contribution in [2.24, 2.45) is 0 Å². The number of hydrogen-bond acceptors (Lipinski definition) is 4. The quantitative estimate of drug-likeness (QED) is 0.847. The molecule has 1 N–H and O–H groups in total. The Morgan fingerprint density at radius 1 is 1.24 bits per heavy atom. The van der Waals surface area contributed by atoms with Gasteiger partial charge in [-0.2, -0.15) is 0 Å². The van der Waals surface area contributed by atoms with Gasteiger partial charge < -0.3 is 10.1 Å². The maximum absolute atomic E-state index is 5.51. The molecule has 0 aliphatic rings. The molecule has 1 heterocycles. The van der Waals surface area contributed by atoms with Crippen LogP contribution in [0.2, 0.25) is 0 Å². The molecular weight excluding hydrogens is 262 g/mol. The van der Waals surface area contributed by atoms with Gasteiger partial charge in [-0.1, -0.05) is 19.1 Å². The van der Waals surface area contributed by atoms with Crippen LogP contribution in [0.4, 0.5) is 0 Å². The lowest BCUT2D eigenvalue weighted by Gasteiger charge is -2.26. The fourth-order valence-electron chi connectivity index (χ4n) is 2.33. The fraction of sp³-hybridized carbons (Fsp3) is 0.529. The highest BCUT2D eigenvalue weighted by atomic mass is 16.5. The molecule has 0 bridgehead atoms. The van der Waals surface area contributed by atoms with E-state index in [1.54, 1.807) is 7.11 Å². The van der Waals surface area contributed by atoms with E-state index in [1.165, 1.54) is 0 Å². The van der Waals surface area contributed by atoms with Crippen molar-refractivity contribution in [1.29, 1.82) is 0 Å². The largest absolute Gasteiger partial charge is 0.379 e. The lowest BCUT2D eigenvalue weighted by Crippen LogP contribution is -2.28. The van der Waals surface area contributed by atoms with Crippen LogP contribution in [-0.4, -0.2) is 29.2 Å². The molecule has 0 fully saturated rings. The Labute approximate surface area is 127 Å². The van der Waals surface area contributed by atoms with Crippen LogP contribution < -0.4 is 5.32 Å². The fourth-order valence-corrected chi connectivity index (χ4v) is 2.33. The molecular formula is C17H25N3O. The van der Waals surface area contributed by atoms with E-state index < -0.39 is 0 Å². The van der Waals surface area contributed by atoms with Crippen molar-refractivity contribution in [3.8, 4) is 0 Å². The number of methoxy groups -OCH3 is 1. The molecule has 0 radical (unpaired) electrons. The number of para-hydroxylation sites is 2. The van der Waals surface area contributed by atoms with Crippen molar-refractivity contribution in [2.45, 2.75) is 45.3 Å².